The lowest BCUT2D eigenvalue weighted by atomic mass is 10.1. The molecule has 24 heavy (non-hydrogen) atoms. The molecule has 0 amide bonds. The Morgan fingerprint density at radius 1 is 1.17 bits per heavy atom. The van der Waals surface area contributed by atoms with Crippen LogP contribution in [0.25, 0.3) is 0 Å². The maximum atomic E-state index is 6.04. The van der Waals surface area contributed by atoms with Crippen molar-refractivity contribution in [1.29, 1.82) is 0 Å². The number of nitrogens with zero attached hydrogens (tertiary/aromatic N) is 4. The van der Waals surface area contributed by atoms with Gasteiger partial charge in [-0.2, -0.15) is 0 Å². The molecular formula is C18H24N4O2. The van der Waals surface area contributed by atoms with Crippen LogP contribution < -0.4 is 0 Å². The number of pyridine rings is 1. The minimum absolute atomic E-state index is 0.293. The summed E-state index contributed by atoms with van der Waals surface area (Å²) < 4.78 is 11.4. The smallest absolute Gasteiger partial charge is 0.138 e. The van der Waals surface area contributed by atoms with Crippen LogP contribution >= 0.6 is 0 Å². The minimum Gasteiger partial charge on any atom is -0.374 e. The van der Waals surface area contributed by atoms with Gasteiger partial charge in [0, 0.05) is 50.7 Å². The Balaban J connectivity index is 1.45. The molecule has 0 radical (unpaired) electrons. The van der Waals surface area contributed by atoms with E-state index < -0.39 is 0 Å². The summed E-state index contributed by atoms with van der Waals surface area (Å²) in [5.41, 5.74) is 3.53. The van der Waals surface area contributed by atoms with Gasteiger partial charge in [0.25, 0.3) is 0 Å². The highest BCUT2D eigenvalue weighted by Gasteiger charge is 2.40. The van der Waals surface area contributed by atoms with Gasteiger partial charge in [-0.3, -0.25) is 14.8 Å². The van der Waals surface area contributed by atoms with Gasteiger partial charge in [-0.1, -0.05) is 5.16 Å². The third-order valence-corrected chi connectivity index (χ3v) is 5.19. The lowest BCUT2D eigenvalue weighted by molar-refractivity contribution is -0.0506. The van der Waals surface area contributed by atoms with E-state index in [4.69, 9.17) is 9.26 Å². The number of fused-ring (bicyclic) bond motifs is 1. The SMILES string of the molecule is Cc1noc(C)c1CN1CCO[C@@H]2CN(Cc3ccncc3)C[C@@H]21. The summed E-state index contributed by atoms with van der Waals surface area (Å²) >= 11 is 0. The van der Waals surface area contributed by atoms with E-state index in [1.165, 1.54) is 11.1 Å². The number of hydrogen-bond acceptors (Lipinski definition) is 6. The zero-order chi connectivity index (χ0) is 16.5. The van der Waals surface area contributed by atoms with Crippen molar-refractivity contribution < 1.29 is 9.26 Å². The van der Waals surface area contributed by atoms with Crippen molar-refractivity contribution in [3.8, 4) is 0 Å². The van der Waals surface area contributed by atoms with E-state index in [1.54, 1.807) is 0 Å². The maximum absolute atomic E-state index is 6.04. The Labute approximate surface area is 142 Å². The summed E-state index contributed by atoms with van der Waals surface area (Å²) in [5, 5.41) is 4.09. The van der Waals surface area contributed by atoms with E-state index in [0.29, 0.717) is 12.1 Å². The molecule has 0 unspecified atom stereocenters. The van der Waals surface area contributed by atoms with Gasteiger partial charge < -0.3 is 9.26 Å². The Hall–Kier alpha value is -1.76. The molecule has 6 nitrogen and oxygen atoms in total. The van der Waals surface area contributed by atoms with Crippen LogP contribution in [0.5, 0.6) is 0 Å². The minimum atomic E-state index is 0.293. The van der Waals surface area contributed by atoms with Crippen molar-refractivity contribution >= 4 is 0 Å². The number of hydrogen-bond donors (Lipinski definition) is 0. The van der Waals surface area contributed by atoms with Crippen molar-refractivity contribution in [2.24, 2.45) is 0 Å². The molecule has 0 aromatic carbocycles. The summed E-state index contributed by atoms with van der Waals surface area (Å²) in [6.07, 6.45) is 4.01. The standard InChI is InChI=1S/C18H24N4O2/c1-13-16(14(2)24-20-13)10-22-7-8-23-18-12-21(11-17(18)22)9-15-3-5-19-6-4-15/h3-6,17-18H,7-12H2,1-2H3/t17-,18+/m0/s1. The third-order valence-electron chi connectivity index (χ3n) is 5.19. The Morgan fingerprint density at radius 2 is 2.00 bits per heavy atom. The van der Waals surface area contributed by atoms with Crippen molar-refractivity contribution in [3.63, 3.8) is 0 Å². The number of aryl methyl sites for hydroxylation is 2. The number of ether oxygens (including phenoxy) is 1. The topological polar surface area (TPSA) is 54.6 Å². The summed E-state index contributed by atoms with van der Waals surface area (Å²) in [5.74, 6) is 0.933. The first-order chi connectivity index (χ1) is 11.7. The van der Waals surface area contributed by atoms with Crippen LogP contribution in [0.2, 0.25) is 0 Å². The molecule has 2 aliphatic heterocycles. The van der Waals surface area contributed by atoms with Crippen LogP contribution in [-0.4, -0.2) is 58.3 Å². The van der Waals surface area contributed by atoms with Gasteiger partial charge in [0.15, 0.2) is 0 Å². The van der Waals surface area contributed by atoms with Crippen LogP contribution in [0.3, 0.4) is 0 Å². The molecule has 2 fully saturated rings. The molecule has 2 aromatic rings. The summed E-state index contributed by atoms with van der Waals surface area (Å²) in [6.45, 7) is 9.67. The highest BCUT2D eigenvalue weighted by atomic mass is 16.5. The van der Waals surface area contributed by atoms with Crippen LogP contribution in [-0.2, 0) is 17.8 Å². The number of morpholine rings is 1. The van der Waals surface area contributed by atoms with Gasteiger partial charge in [-0.15, -0.1) is 0 Å². The van der Waals surface area contributed by atoms with Crippen molar-refractivity contribution in [1.82, 2.24) is 19.9 Å². The molecule has 2 aromatic heterocycles. The summed E-state index contributed by atoms with van der Waals surface area (Å²) in [6, 6.07) is 4.61. The van der Waals surface area contributed by atoms with Gasteiger partial charge >= 0.3 is 0 Å². The van der Waals surface area contributed by atoms with E-state index in [2.05, 4.69) is 32.1 Å². The van der Waals surface area contributed by atoms with Gasteiger partial charge in [0.1, 0.15) is 5.76 Å². The first-order valence-corrected chi connectivity index (χ1v) is 8.59. The van der Waals surface area contributed by atoms with E-state index in [9.17, 15) is 0 Å². The molecule has 4 heterocycles. The van der Waals surface area contributed by atoms with Crippen LogP contribution in [0, 0.1) is 13.8 Å². The lowest BCUT2D eigenvalue weighted by Gasteiger charge is -2.36. The molecular weight excluding hydrogens is 304 g/mol. The fraction of sp³-hybridized carbons (Fsp3) is 0.556. The van der Waals surface area contributed by atoms with Crippen LogP contribution in [0.4, 0.5) is 0 Å². The average Bonchev–Trinajstić information content (AvgIpc) is 3.14. The Morgan fingerprint density at radius 3 is 2.75 bits per heavy atom. The lowest BCUT2D eigenvalue weighted by Crippen LogP contribution is -2.50. The van der Waals surface area contributed by atoms with Crippen LogP contribution in [0.1, 0.15) is 22.6 Å². The maximum Gasteiger partial charge on any atom is 0.138 e. The van der Waals surface area contributed by atoms with E-state index in [1.807, 2.05) is 26.2 Å². The zero-order valence-corrected chi connectivity index (χ0v) is 14.3. The quantitative estimate of drug-likeness (QED) is 0.853. The highest BCUT2D eigenvalue weighted by molar-refractivity contribution is 5.21. The molecule has 0 aliphatic carbocycles. The number of aromatic nitrogens is 2. The largest absolute Gasteiger partial charge is 0.374 e. The molecule has 0 spiro atoms. The van der Waals surface area contributed by atoms with E-state index >= 15 is 0 Å². The normalized spacial score (nSPS) is 25.1. The predicted octanol–water partition coefficient (Wildman–Crippen LogP) is 1.77. The zero-order valence-electron chi connectivity index (χ0n) is 14.3. The molecule has 2 aliphatic rings. The van der Waals surface area contributed by atoms with Gasteiger partial charge in [-0.25, -0.2) is 0 Å². The van der Waals surface area contributed by atoms with E-state index in [-0.39, 0.29) is 0 Å². The number of likely N-dealkylation sites (tertiary alicyclic amines) is 1. The van der Waals surface area contributed by atoms with Crippen molar-refractivity contribution in [2.75, 3.05) is 26.2 Å². The van der Waals surface area contributed by atoms with E-state index in [0.717, 1.165) is 50.8 Å². The van der Waals surface area contributed by atoms with Crippen LogP contribution in [0.15, 0.2) is 29.0 Å². The molecule has 2 saturated heterocycles. The molecule has 6 heteroatoms. The second-order valence-electron chi connectivity index (χ2n) is 6.80. The molecule has 4 rings (SSSR count). The second kappa shape index (κ2) is 6.63. The van der Waals surface area contributed by atoms with Gasteiger partial charge in [0.2, 0.25) is 0 Å². The molecule has 2 atom stereocenters. The predicted molar refractivity (Wildman–Crippen MR) is 89.4 cm³/mol. The Kier molecular flexibility index (Phi) is 4.35. The fourth-order valence-corrected chi connectivity index (χ4v) is 3.84. The Bertz CT molecular complexity index is 668. The molecule has 128 valence electrons. The second-order valence-corrected chi connectivity index (χ2v) is 6.80. The van der Waals surface area contributed by atoms with Crippen molar-refractivity contribution in [3.05, 3.63) is 47.1 Å². The molecule has 0 N–H and O–H groups in total. The summed E-state index contributed by atoms with van der Waals surface area (Å²) in [4.78, 5) is 9.11. The summed E-state index contributed by atoms with van der Waals surface area (Å²) in [7, 11) is 0. The van der Waals surface area contributed by atoms with Gasteiger partial charge in [-0.05, 0) is 31.5 Å². The highest BCUT2D eigenvalue weighted by Crippen LogP contribution is 2.27. The number of rotatable bonds is 4. The third kappa shape index (κ3) is 3.09. The molecule has 0 bridgehead atoms. The fourth-order valence-electron chi connectivity index (χ4n) is 3.84. The first kappa shape index (κ1) is 15.7. The average molecular weight is 328 g/mol. The molecule has 0 saturated carbocycles. The van der Waals surface area contributed by atoms with Crippen molar-refractivity contribution in [2.45, 2.75) is 39.1 Å². The first-order valence-electron chi connectivity index (χ1n) is 8.59. The van der Waals surface area contributed by atoms with Gasteiger partial charge in [0.05, 0.1) is 24.4 Å². The monoisotopic (exact) mass is 328 g/mol.